The van der Waals surface area contributed by atoms with Crippen molar-refractivity contribution in [2.45, 2.75) is 6.04 Å². The lowest BCUT2D eigenvalue weighted by molar-refractivity contribution is -0.141. The summed E-state index contributed by atoms with van der Waals surface area (Å²) in [5.41, 5.74) is 0.750. The summed E-state index contributed by atoms with van der Waals surface area (Å²) in [7, 11) is 1.32. The van der Waals surface area contributed by atoms with Gasteiger partial charge >= 0.3 is 5.97 Å². The maximum absolute atomic E-state index is 12.8. The highest BCUT2D eigenvalue weighted by molar-refractivity contribution is 5.80. The molecular weight excluding hydrogens is 247 g/mol. The maximum Gasteiger partial charge on any atom is 0.333 e. The lowest BCUT2D eigenvalue weighted by atomic mass is 10.1. The van der Waals surface area contributed by atoms with Crippen molar-refractivity contribution in [3.8, 4) is 0 Å². The minimum atomic E-state index is -0.677. The fourth-order valence-electron chi connectivity index (χ4n) is 1.65. The Labute approximate surface area is 110 Å². The fraction of sp³-hybridized carbons (Fsp3) is 0.143. The lowest BCUT2D eigenvalue weighted by Gasteiger charge is -2.17. The van der Waals surface area contributed by atoms with Crippen molar-refractivity contribution in [1.82, 2.24) is 4.98 Å². The van der Waals surface area contributed by atoms with Gasteiger partial charge in [0.1, 0.15) is 11.6 Å². The van der Waals surface area contributed by atoms with Crippen LogP contribution in [0, 0.1) is 5.82 Å². The first-order chi connectivity index (χ1) is 9.20. The predicted molar refractivity (Wildman–Crippen MR) is 69.0 cm³/mol. The van der Waals surface area contributed by atoms with E-state index in [9.17, 15) is 9.18 Å². The number of methoxy groups -OCH3 is 1. The molecule has 98 valence electrons. The summed E-state index contributed by atoms with van der Waals surface area (Å²) in [5.74, 6) is -0.460. The summed E-state index contributed by atoms with van der Waals surface area (Å²) >= 11 is 0. The van der Waals surface area contributed by atoms with Gasteiger partial charge in [0.05, 0.1) is 13.3 Å². The van der Waals surface area contributed by atoms with Crippen molar-refractivity contribution in [3.05, 3.63) is 60.0 Å². The number of hydrogen-bond acceptors (Lipinski definition) is 4. The number of hydrogen-bond donors (Lipinski definition) is 1. The van der Waals surface area contributed by atoms with E-state index in [-0.39, 0.29) is 0 Å². The topological polar surface area (TPSA) is 51.2 Å². The molecule has 0 fully saturated rings. The molecule has 0 spiro atoms. The van der Waals surface area contributed by atoms with Crippen LogP contribution in [0.5, 0.6) is 0 Å². The van der Waals surface area contributed by atoms with Gasteiger partial charge in [0.25, 0.3) is 0 Å². The van der Waals surface area contributed by atoms with Gasteiger partial charge in [-0.3, -0.25) is 0 Å². The fourth-order valence-corrected chi connectivity index (χ4v) is 1.65. The highest BCUT2D eigenvalue weighted by Crippen LogP contribution is 2.19. The van der Waals surface area contributed by atoms with Gasteiger partial charge in [0, 0.05) is 0 Å². The number of nitrogens with zero attached hydrogens (tertiary/aromatic N) is 1. The Morgan fingerprint density at radius 3 is 2.58 bits per heavy atom. The molecule has 1 atom stereocenters. The van der Waals surface area contributed by atoms with Crippen LogP contribution >= 0.6 is 0 Å². The number of pyridine rings is 1. The first-order valence-electron chi connectivity index (χ1n) is 5.71. The molecule has 19 heavy (non-hydrogen) atoms. The van der Waals surface area contributed by atoms with Crippen LogP contribution in [0.3, 0.4) is 0 Å². The van der Waals surface area contributed by atoms with E-state index in [1.807, 2.05) is 18.2 Å². The summed E-state index contributed by atoms with van der Waals surface area (Å²) in [5, 5.41) is 2.92. The molecule has 1 heterocycles. The SMILES string of the molecule is COC(=O)C(Nc1ccc(F)cn1)c1ccccc1. The van der Waals surface area contributed by atoms with E-state index in [1.54, 1.807) is 12.1 Å². The van der Waals surface area contributed by atoms with Crippen LogP contribution in [0.2, 0.25) is 0 Å². The number of carbonyl (C=O) groups excluding carboxylic acids is 1. The number of rotatable bonds is 4. The van der Waals surface area contributed by atoms with Crippen LogP contribution in [-0.4, -0.2) is 18.1 Å². The maximum atomic E-state index is 12.8. The molecule has 0 bridgehead atoms. The van der Waals surface area contributed by atoms with Crippen molar-refractivity contribution in [1.29, 1.82) is 0 Å². The van der Waals surface area contributed by atoms with Crippen LogP contribution in [-0.2, 0) is 9.53 Å². The van der Waals surface area contributed by atoms with Crippen LogP contribution < -0.4 is 5.32 Å². The first-order valence-corrected chi connectivity index (χ1v) is 5.71. The molecule has 1 aromatic heterocycles. The Morgan fingerprint density at radius 1 is 1.26 bits per heavy atom. The molecule has 0 aliphatic rings. The highest BCUT2D eigenvalue weighted by Gasteiger charge is 2.21. The van der Waals surface area contributed by atoms with Gasteiger partial charge in [-0.25, -0.2) is 14.2 Å². The zero-order valence-electron chi connectivity index (χ0n) is 10.3. The molecule has 0 saturated carbocycles. The van der Waals surface area contributed by atoms with Gasteiger partial charge in [-0.2, -0.15) is 0 Å². The van der Waals surface area contributed by atoms with Crippen molar-refractivity contribution in [2.24, 2.45) is 0 Å². The molecule has 1 aromatic carbocycles. The Hall–Kier alpha value is -2.43. The molecule has 2 aromatic rings. The van der Waals surface area contributed by atoms with Gasteiger partial charge < -0.3 is 10.1 Å². The second kappa shape index (κ2) is 5.95. The van der Waals surface area contributed by atoms with E-state index in [0.717, 1.165) is 11.8 Å². The third kappa shape index (κ3) is 3.28. The summed E-state index contributed by atoms with van der Waals surface area (Å²) in [6.45, 7) is 0. The minimum absolute atomic E-state index is 0.403. The van der Waals surface area contributed by atoms with Crippen LogP contribution in [0.15, 0.2) is 48.7 Å². The van der Waals surface area contributed by atoms with E-state index in [2.05, 4.69) is 10.3 Å². The number of carbonyl (C=O) groups is 1. The average molecular weight is 260 g/mol. The normalized spacial score (nSPS) is 11.7. The molecule has 2 rings (SSSR count). The van der Waals surface area contributed by atoms with Crippen molar-refractivity contribution in [2.75, 3.05) is 12.4 Å². The molecule has 0 radical (unpaired) electrons. The largest absolute Gasteiger partial charge is 0.467 e. The summed E-state index contributed by atoms with van der Waals surface area (Å²) in [6.07, 6.45) is 1.08. The van der Waals surface area contributed by atoms with Crippen molar-refractivity contribution in [3.63, 3.8) is 0 Å². The molecule has 5 heteroatoms. The summed E-state index contributed by atoms with van der Waals surface area (Å²) < 4.78 is 17.5. The molecule has 0 saturated heterocycles. The quantitative estimate of drug-likeness (QED) is 0.858. The Bertz CT molecular complexity index is 543. The van der Waals surface area contributed by atoms with Crippen LogP contribution in [0.4, 0.5) is 10.2 Å². The highest BCUT2D eigenvalue weighted by atomic mass is 19.1. The van der Waals surface area contributed by atoms with Gasteiger partial charge in [-0.05, 0) is 17.7 Å². The number of halogens is 1. The Kier molecular flexibility index (Phi) is 4.07. The number of nitrogens with one attached hydrogen (secondary N) is 1. The standard InChI is InChI=1S/C14H13FN2O2/c1-19-14(18)13(10-5-3-2-4-6-10)17-12-8-7-11(15)9-16-12/h2-9,13H,1H3,(H,16,17). The molecule has 1 N–H and O–H groups in total. The zero-order chi connectivity index (χ0) is 13.7. The van der Waals surface area contributed by atoms with E-state index in [0.29, 0.717) is 5.82 Å². The Morgan fingerprint density at radius 2 is 2.00 bits per heavy atom. The summed E-state index contributed by atoms with van der Waals surface area (Å²) in [4.78, 5) is 15.7. The number of anilines is 1. The molecular formula is C14H13FN2O2. The van der Waals surface area contributed by atoms with Crippen molar-refractivity contribution < 1.29 is 13.9 Å². The molecule has 0 amide bonds. The van der Waals surface area contributed by atoms with Gasteiger partial charge in [0.2, 0.25) is 0 Å². The molecule has 0 aliphatic carbocycles. The second-order valence-electron chi connectivity index (χ2n) is 3.87. The van der Waals surface area contributed by atoms with Gasteiger partial charge in [0.15, 0.2) is 6.04 Å². The van der Waals surface area contributed by atoms with Crippen LogP contribution in [0.1, 0.15) is 11.6 Å². The summed E-state index contributed by atoms with van der Waals surface area (Å²) in [6, 6.07) is 11.2. The third-order valence-corrected chi connectivity index (χ3v) is 2.59. The number of ether oxygens (including phenoxy) is 1. The minimum Gasteiger partial charge on any atom is -0.467 e. The number of esters is 1. The monoisotopic (exact) mass is 260 g/mol. The predicted octanol–water partition coefficient (Wildman–Crippen LogP) is 2.55. The van der Waals surface area contributed by atoms with E-state index in [4.69, 9.17) is 4.74 Å². The smallest absolute Gasteiger partial charge is 0.333 e. The van der Waals surface area contributed by atoms with Gasteiger partial charge in [-0.1, -0.05) is 30.3 Å². The number of benzene rings is 1. The third-order valence-electron chi connectivity index (χ3n) is 2.59. The van der Waals surface area contributed by atoms with Crippen LogP contribution in [0.25, 0.3) is 0 Å². The zero-order valence-corrected chi connectivity index (χ0v) is 10.3. The van der Waals surface area contributed by atoms with E-state index < -0.39 is 17.8 Å². The van der Waals surface area contributed by atoms with E-state index >= 15 is 0 Å². The average Bonchev–Trinajstić information content (AvgIpc) is 2.47. The first kappa shape index (κ1) is 13.0. The Balaban J connectivity index is 2.24. The number of aromatic nitrogens is 1. The van der Waals surface area contributed by atoms with Crippen molar-refractivity contribution >= 4 is 11.8 Å². The van der Waals surface area contributed by atoms with Gasteiger partial charge in [-0.15, -0.1) is 0 Å². The molecule has 0 aliphatic heterocycles. The lowest BCUT2D eigenvalue weighted by Crippen LogP contribution is -2.22. The van der Waals surface area contributed by atoms with E-state index in [1.165, 1.54) is 19.2 Å². The second-order valence-corrected chi connectivity index (χ2v) is 3.87. The molecule has 1 unspecified atom stereocenters. The molecule has 4 nitrogen and oxygen atoms in total.